The van der Waals surface area contributed by atoms with E-state index in [4.69, 9.17) is 16.0 Å². The average Bonchev–Trinajstić information content (AvgIpc) is 3.31. The SMILES string of the molecule is [C-]#[N+]c1c(C(=O)OC2C(C)CC(C)CC2C)cn2nc(-c3ccc(OC)c(NS(C)(=O)=O)c3)n(C)c12. The number of carbonyl (C=O) groups excluding carboxylic acids is 1. The van der Waals surface area contributed by atoms with Crippen LogP contribution < -0.4 is 9.46 Å². The number of rotatable bonds is 6. The third kappa shape index (κ3) is 4.78. The van der Waals surface area contributed by atoms with Gasteiger partial charge in [-0.2, -0.15) is 0 Å². The number of fused-ring (bicyclic) bond motifs is 1. The van der Waals surface area contributed by atoms with Gasteiger partial charge < -0.3 is 14.0 Å². The van der Waals surface area contributed by atoms with Gasteiger partial charge in [-0.05, 0) is 48.8 Å². The fourth-order valence-electron chi connectivity index (χ4n) is 5.38. The van der Waals surface area contributed by atoms with Gasteiger partial charge in [0, 0.05) is 18.8 Å². The van der Waals surface area contributed by atoms with Gasteiger partial charge in [0.2, 0.25) is 15.7 Å². The topological polar surface area (TPSA) is 108 Å². The highest BCUT2D eigenvalue weighted by Gasteiger charge is 2.35. The molecule has 2 aromatic heterocycles. The Morgan fingerprint density at radius 2 is 1.89 bits per heavy atom. The quantitative estimate of drug-likeness (QED) is 0.384. The Morgan fingerprint density at radius 3 is 2.47 bits per heavy atom. The zero-order valence-electron chi connectivity index (χ0n) is 21.3. The molecule has 0 radical (unpaired) electrons. The summed E-state index contributed by atoms with van der Waals surface area (Å²) in [6.45, 7) is 14.2. The van der Waals surface area contributed by atoms with Crippen LogP contribution in [0.3, 0.4) is 0 Å². The molecule has 36 heavy (non-hydrogen) atoms. The fourth-order valence-corrected chi connectivity index (χ4v) is 5.94. The summed E-state index contributed by atoms with van der Waals surface area (Å²) in [6, 6.07) is 4.99. The van der Waals surface area contributed by atoms with Crippen molar-refractivity contribution in [3.8, 4) is 17.1 Å². The molecule has 4 rings (SSSR count). The van der Waals surface area contributed by atoms with E-state index in [9.17, 15) is 13.2 Å². The Labute approximate surface area is 211 Å². The van der Waals surface area contributed by atoms with Gasteiger partial charge >= 0.3 is 5.97 Å². The first-order valence-electron chi connectivity index (χ1n) is 11.8. The minimum absolute atomic E-state index is 0.161. The van der Waals surface area contributed by atoms with Gasteiger partial charge in [-0.3, -0.25) is 4.72 Å². The van der Waals surface area contributed by atoms with E-state index in [1.807, 2.05) is 0 Å². The van der Waals surface area contributed by atoms with Crippen molar-refractivity contribution in [3.63, 3.8) is 0 Å². The summed E-state index contributed by atoms with van der Waals surface area (Å²) in [4.78, 5) is 16.8. The summed E-state index contributed by atoms with van der Waals surface area (Å²) >= 11 is 0. The van der Waals surface area contributed by atoms with Crippen molar-refractivity contribution in [3.05, 3.63) is 41.4 Å². The molecule has 0 aliphatic heterocycles. The largest absolute Gasteiger partial charge is 0.495 e. The van der Waals surface area contributed by atoms with Crippen molar-refractivity contribution in [1.82, 2.24) is 14.2 Å². The highest BCUT2D eigenvalue weighted by molar-refractivity contribution is 7.92. The maximum atomic E-state index is 13.2. The Bertz CT molecular complexity index is 1450. The van der Waals surface area contributed by atoms with Crippen LogP contribution in [-0.4, -0.2) is 48.0 Å². The molecule has 1 aliphatic carbocycles. The van der Waals surface area contributed by atoms with Gasteiger partial charge in [-0.1, -0.05) is 20.8 Å². The first-order valence-corrected chi connectivity index (χ1v) is 13.6. The number of nitrogens with one attached hydrogen (secondary N) is 1. The molecule has 0 bridgehead atoms. The van der Waals surface area contributed by atoms with Gasteiger partial charge in [0.15, 0.2) is 5.82 Å². The summed E-state index contributed by atoms with van der Waals surface area (Å²) < 4.78 is 40.4. The Hall–Kier alpha value is -3.52. The predicted octanol–water partition coefficient (Wildman–Crippen LogP) is 4.50. The van der Waals surface area contributed by atoms with E-state index in [0.717, 1.165) is 19.1 Å². The number of aryl methyl sites for hydroxylation is 1. The third-order valence-electron chi connectivity index (χ3n) is 6.77. The number of hydrogen-bond acceptors (Lipinski definition) is 6. The molecule has 2 heterocycles. The lowest BCUT2D eigenvalue weighted by Crippen LogP contribution is -2.37. The van der Waals surface area contributed by atoms with E-state index in [2.05, 4.69) is 35.4 Å². The van der Waals surface area contributed by atoms with Crippen LogP contribution in [0.4, 0.5) is 11.4 Å². The summed E-state index contributed by atoms with van der Waals surface area (Å²) in [6.07, 6.45) is 4.38. The van der Waals surface area contributed by atoms with Crippen molar-refractivity contribution in [1.29, 1.82) is 0 Å². The molecule has 0 amide bonds. The monoisotopic (exact) mass is 513 g/mol. The van der Waals surface area contributed by atoms with Crippen molar-refractivity contribution < 1.29 is 22.7 Å². The van der Waals surface area contributed by atoms with Gasteiger partial charge in [0.25, 0.3) is 0 Å². The first kappa shape index (κ1) is 25.6. The van der Waals surface area contributed by atoms with Crippen LogP contribution in [0, 0.1) is 24.3 Å². The van der Waals surface area contributed by atoms with Crippen LogP contribution in [-0.2, 0) is 21.8 Å². The second kappa shape index (κ2) is 9.50. The molecule has 0 saturated heterocycles. The van der Waals surface area contributed by atoms with E-state index < -0.39 is 16.0 Å². The lowest BCUT2D eigenvalue weighted by molar-refractivity contribution is -0.0251. The lowest BCUT2D eigenvalue weighted by Gasteiger charge is -2.37. The number of esters is 1. The summed E-state index contributed by atoms with van der Waals surface area (Å²) in [5.41, 5.74) is 1.66. The summed E-state index contributed by atoms with van der Waals surface area (Å²) in [5.74, 6) is 1.41. The number of methoxy groups -OCH3 is 1. The molecular weight excluding hydrogens is 482 g/mol. The van der Waals surface area contributed by atoms with Crippen LogP contribution in [0.15, 0.2) is 24.4 Å². The molecular formula is C25H31N5O5S. The van der Waals surface area contributed by atoms with E-state index in [1.54, 1.807) is 29.8 Å². The van der Waals surface area contributed by atoms with Gasteiger partial charge in [-0.15, -0.1) is 5.10 Å². The number of nitrogens with zero attached hydrogens (tertiary/aromatic N) is 4. The van der Waals surface area contributed by atoms with Crippen molar-refractivity contribution in [2.24, 2.45) is 24.8 Å². The molecule has 10 nitrogen and oxygen atoms in total. The highest BCUT2D eigenvalue weighted by atomic mass is 32.2. The first-order chi connectivity index (χ1) is 16.9. The maximum Gasteiger partial charge on any atom is 0.329 e. The molecule has 2 unspecified atom stereocenters. The third-order valence-corrected chi connectivity index (χ3v) is 7.36. The summed E-state index contributed by atoms with van der Waals surface area (Å²) in [7, 11) is -0.348. The second-order valence-corrected chi connectivity index (χ2v) is 11.6. The van der Waals surface area contributed by atoms with Crippen molar-refractivity contribution >= 4 is 33.0 Å². The van der Waals surface area contributed by atoms with E-state index in [0.29, 0.717) is 28.7 Å². The van der Waals surface area contributed by atoms with Crippen LogP contribution in [0.5, 0.6) is 5.75 Å². The molecule has 1 aliphatic rings. The molecule has 11 heteroatoms. The van der Waals surface area contributed by atoms with Crippen LogP contribution in [0.25, 0.3) is 21.9 Å². The van der Waals surface area contributed by atoms with E-state index in [1.165, 1.54) is 17.8 Å². The van der Waals surface area contributed by atoms with Crippen LogP contribution in [0.1, 0.15) is 44.0 Å². The van der Waals surface area contributed by atoms with Crippen LogP contribution >= 0.6 is 0 Å². The Balaban J connectivity index is 1.70. The van der Waals surface area contributed by atoms with Gasteiger partial charge in [0.05, 0.1) is 31.2 Å². The number of sulfonamides is 1. The molecule has 1 fully saturated rings. The fraction of sp³-hybridized carbons (Fsp3) is 0.480. The summed E-state index contributed by atoms with van der Waals surface area (Å²) in [5, 5.41) is 4.58. The average molecular weight is 514 g/mol. The zero-order valence-corrected chi connectivity index (χ0v) is 22.1. The smallest absolute Gasteiger partial charge is 0.329 e. The standard InChI is InChI=1S/C25H31N5O5S/c1-14-10-15(2)22(16(3)11-14)35-25(31)18-13-30-24(21(18)26-4)29(5)23(27-30)17-8-9-20(34-6)19(12-17)28-36(7,32)33/h8-9,12-16,22,28H,10-11H2,1-3,5-7H3. The number of carbonyl (C=O) groups is 1. The Morgan fingerprint density at radius 1 is 1.22 bits per heavy atom. The normalized spacial score (nSPS) is 22.2. The van der Waals surface area contributed by atoms with Gasteiger partial charge in [0.1, 0.15) is 17.5 Å². The van der Waals surface area contributed by atoms with Gasteiger partial charge in [-0.25, -0.2) is 22.6 Å². The maximum absolute atomic E-state index is 13.2. The Kier molecular flexibility index (Phi) is 6.75. The highest BCUT2D eigenvalue weighted by Crippen LogP contribution is 2.38. The van der Waals surface area contributed by atoms with Crippen molar-refractivity contribution in [2.45, 2.75) is 39.7 Å². The lowest BCUT2D eigenvalue weighted by atomic mass is 9.75. The number of benzene rings is 1. The number of anilines is 1. The number of hydrogen-bond donors (Lipinski definition) is 1. The second-order valence-electron chi connectivity index (χ2n) is 9.84. The number of aromatic nitrogens is 3. The predicted molar refractivity (Wildman–Crippen MR) is 137 cm³/mol. The molecule has 1 saturated carbocycles. The minimum Gasteiger partial charge on any atom is -0.495 e. The molecule has 192 valence electrons. The van der Waals surface area contributed by atoms with Crippen molar-refractivity contribution in [2.75, 3.05) is 18.1 Å². The van der Waals surface area contributed by atoms with E-state index in [-0.39, 0.29) is 34.9 Å². The van der Waals surface area contributed by atoms with E-state index >= 15 is 0 Å². The molecule has 0 spiro atoms. The molecule has 2 atom stereocenters. The van der Waals surface area contributed by atoms with Crippen LogP contribution in [0.2, 0.25) is 0 Å². The molecule has 1 aromatic carbocycles. The molecule has 1 N–H and O–H groups in total. The zero-order chi connectivity index (χ0) is 26.4. The number of ether oxygens (including phenoxy) is 2. The molecule has 3 aromatic rings. The minimum atomic E-state index is -3.54.